The maximum absolute atomic E-state index is 12.6. The lowest BCUT2D eigenvalue weighted by molar-refractivity contribution is -0.138. The zero-order valence-electron chi connectivity index (χ0n) is 9.47. The van der Waals surface area contributed by atoms with E-state index in [0.717, 1.165) is 6.07 Å². The average molecular weight is 245 g/mol. The predicted octanol–water partition coefficient (Wildman–Crippen LogP) is 2.77. The van der Waals surface area contributed by atoms with Gasteiger partial charge in [-0.25, -0.2) is 0 Å². The van der Waals surface area contributed by atoms with Crippen molar-refractivity contribution in [2.75, 3.05) is 6.54 Å². The number of hydrogen-bond donors (Lipinski definition) is 1. The van der Waals surface area contributed by atoms with Crippen LogP contribution in [0.25, 0.3) is 0 Å². The Labute approximate surface area is 97.8 Å². The normalized spacial score (nSPS) is 11.3. The highest BCUT2D eigenvalue weighted by atomic mass is 19.4. The van der Waals surface area contributed by atoms with Gasteiger partial charge in [0.2, 0.25) is 5.91 Å². The number of carbonyl (C=O) groups is 1. The van der Waals surface area contributed by atoms with Crippen molar-refractivity contribution in [3.63, 3.8) is 0 Å². The summed E-state index contributed by atoms with van der Waals surface area (Å²) in [4.78, 5) is 11.0. The first kappa shape index (κ1) is 13.5. The van der Waals surface area contributed by atoms with E-state index in [9.17, 15) is 18.0 Å². The number of halogens is 3. The van der Waals surface area contributed by atoms with Gasteiger partial charge < -0.3 is 5.32 Å². The first-order chi connectivity index (χ1) is 7.95. The zero-order valence-corrected chi connectivity index (χ0v) is 9.47. The molecule has 1 rings (SSSR count). The van der Waals surface area contributed by atoms with Gasteiger partial charge in [-0.15, -0.1) is 0 Å². The fourth-order valence-electron chi connectivity index (χ4n) is 1.48. The Hall–Kier alpha value is -1.52. The lowest BCUT2D eigenvalue weighted by Gasteiger charge is -2.12. The summed E-state index contributed by atoms with van der Waals surface area (Å²) in [5.74, 6) is -0.158. The van der Waals surface area contributed by atoms with E-state index in [1.54, 1.807) is 13.0 Å². The number of benzene rings is 1. The SMILES string of the molecule is CCC(=O)NCCc1ccccc1C(F)(F)F. The summed E-state index contributed by atoms with van der Waals surface area (Å²) < 4.78 is 37.8. The molecular formula is C12H14F3NO. The fraction of sp³-hybridized carbons (Fsp3) is 0.417. The van der Waals surface area contributed by atoms with E-state index in [4.69, 9.17) is 0 Å². The highest BCUT2D eigenvalue weighted by Gasteiger charge is 2.32. The molecule has 0 unspecified atom stereocenters. The van der Waals surface area contributed by atoms with Crippen LogP contribution in [0.15, 0.2) is 24.3 Å². The van der Waals surface area contributed by atoms with Crippen LogP contribution in [0.3, 0.4) is 0 Å². The maximum Gasteiger partial charge on any atom is 0.416 e. The van der Waals surface area contributed by atoms with Crippen LogP contribution < -0.4 is 5.32 Å². The Balaban J connectivity index is 2.68. The molecule has 0 aliphatic carbocycles. The summed E-state index contributed by atoms with van der Waals surface area (Å²) in [5.41, 5.74) is -0.429. The monoisotopic (exact) mass is 245 g/mol. The third-order valence-electron chi connectivity index (χ3n) is 2.36. The molecule has 1 amide bonds. The van der Waals surface area contributed by atoms with E-state index in [2.05, 4.69) is 5.32 Å². The molecule has 0 aromatic heterocycles. The summed E-state index contributed by atoms with van der Waals surface area (Å²) in [6.45, 7) is 1.92. The zero-order chi connectivity index (χ0) is 12.9. The van der Waals surface area contributed by atoms with Crippen LogP contribution in [0.1, 0.15) is 24.5 Å². The summed E-state index contributed by atoms with van der Waals surface area (Å²) >= 11 is 0. The van der Waals surface area contributed by atoms with Crippen LogP contribution in [0.4, 0.5) is 13.2 Å². The third-order valence-corrected chi connectivity index (χ3v) is 2.36. The molecule has 5 heteroatoms. The van der Waals surface area contributed by atoms with Gasteiger partial charge in [0, 0.05) is 13.0 Å². The second-order valence-corrected chi connectivity index (χ2v) is 3.61. The van der Waals surface area contributed by atoms with Crippen molar-refractivity contribution in [2.24, 2.45) is 0 Å². The molecule has 0 fully saturated rings. The molecule has 0 aliphatic rings. The van der Waals surface area contributed by atoms with Crippen molar-refractivity contribution < 1.29 is 18.0 Å². The second kappa shape index (κ2) is 5.70. The van der Waals surface area contributed by atoms with E-state index in [-0.39, 0.29) is 24.4 Å². The molecule has 0 spiro atoms. The van der Waals surface area contributed by atoms with Crippen LogP contribution in [-0.4, -0.2) is 12.5 Å². The number of amides is 1. The standard InChI is InChI=1S/C12H14F3NO/c1-2-11(17)16-8-7-9-5-3-4-6-10(9)12(13,14)15/h3-6H,2,7-8H2,1H3,(H,16,17). The Morgan fingerprint density at radius 1 is 1.29 bits per heavy atom. The van der Waals surface area contributed by atoms with Crippen LogP contribution in [0, 0.1) is 0 Å². The molecule has 0 bridgehead atoms. The lowest BCUT2D eigenvalue weighted by Crippen LogP contribution is -2.25. The Morgan fingerprint density at radius 2 is 1.94 bits per heavy atom. The van der Waals surface area contributed by atoms with Gasteiger partial charge >= 0.3 is 6.18 Å². The van der Waals surface area contributed by atoms with Crippen molar-refractivity contribution >= 4 is 5.91 Å². The van der Waals surface area contributed by atoms with Crippen molar-refractivity contribution in [2.45, 2.75) is 25.9 Å². The first-order valence-corrected chi connectivity index (χ1v) is 5.37. The molecule has 1 aromatic carbocycles. The van der Waals surface area contributed by atoms with E-state index in [1.165, 1.54) is 12.1 Å². The van der Waals surface area contributed by atoms with E-state index < -0.39 is 11.7 Å². The van der Waals surface area contributed by atoms with E-state index >= 15 is 0 Å². The van der Waals surface area contributed by atoms with E-state index in [1.807, 2.05) is 0 Å². The minimum atomic E-state index is -4.34. The molecule has 17 heavy (non-hydrogen) atoms. The number of carbonyl (C=O) groups excluding carboxylic acids is 1. The molecule has 1 N–H and O–H groups in total. The molecule has 1 aromatic rings. The second-order valence-electron chi connectivity index (χ2n) is 3.61. The Morgan fingerprint density at radius 3 is 2.53 bits per heavy atom. The number of alkyl halides is 3. The van der Waals surface area contributed by atoms with E-state index in [0.29, 0.717) is 6.42 Å². The highest BCUT2D eigenvalue weighted by molar-refractivity contribution is 5.75. The van der Waals surface area contributed by atoms with Crippen LogP contribution in [0.5, 0.6) is 0 Å². The molecule has 2 nitrogen and oxygen atoms in total. The Kier molecular flexibility index (Phi) is 4.54. The first-order valence-electron chi connectivity index (χ1n) is 5.37. The molecular weight excluding hydrogens is 231 g/mol. The van der Waals surface area contributed by atoms with Gasteiger partial charge in [-0.1, -0.05) is 25.1 Å². The van der Waals surface area contributed by atoms with Crippen LogP contribution in [-0.2, 0) is 17.4 Å². The van der Waals surface area contributed by atoms with Crippen molar-refractivity contribution in [3.05, 3.63) is 35.4 Å². The lowest BCUT2D eigenvalue weighted by atomic mass is 10.0. The topological polar surface area (TPSA) is 29.1 Å². The minimum absolute atomic E-state index is 0.158. The smallest absolute Gasteiger partial charge is 0.356 e. The van der Waals surface area contributed by atoms with Crippen molar-refractivity contribution in [1.82, 2.24) is 5.32 Å². The summed E-state index contributed by atoms with van der Waals surface area (Å²) in [7, 11) is 0. The maximum atomic E-state index is 12.6. The summed E-state index contributed by atoms with van der Waals surface area (Å²) in [6, 6.07) is 5.40. The van der Waals surface area contributed by atoms with Crippen molar-refractivity contribution in [1.29, 1.82) is 0 Å². The van der Waals surface area contributed by atoms with Gasteiger partial charge in [0.05, 0.1) is 5.56 Å². The fourth-order valence-corrected chi connectivity index (χ4v) is 1.48. The number of hydrogen-bond acceptors (Lipinski definition) is 1. The highest BCUT2D eigenvalue weighted by Crippen LogP contribution is 2.31. The van der Waals surface area contributed by atoms with Crippen LogP contribution >= 0.6 is 0 Å². The van der Waals surface area contributed by atoms with Gasteiger partial charge in [0.25, 0.3) is 0 Å². The average Bonchev–Trinajstić information content (AvgIpc) is 2.28. The van der Waals surface area contributed by atoms with Gasteiger partial charge in [-0.3, -0.25) is 4.79 Å². The molecule has 0 heterocycles. The number of rotatable bonds is 4. The van der Waals surface area contributed by atoms with Gasteiger partial charge in [-0.05, 0) is 18.1 Å². The minimum Gasteiger partial charge on any atom is -0.356 e. The predicted molar refractivity (Wildman–Crippen MR) is 58.4 cm³/mol. The van der Waals surface area contributed by atoms with Gasteiger partial charge in [-0.2, -0.15) is 13.2 Å². The van der Waals surface area contributed by atoms with Gasteiger partial charge in [0.1, 0.15) is 0 Å². The largest absolute Gasteiger partial charge is 0.416 e. The summed E-state index contributed by atoms with van der Waals surface area (Å²) in [6.07, 6.45) is -3.83. The van der Waals surface area contributed by atoms with Gasteiger partial charge in [0.15, 0.2) is 0 Å². The quantitative estimate of drug-likeness (QED) is 0.868. The Bertz CT molecular complexity index is 388. The summed E-state index contributed by atoms with van der Waals surface area (Å²) in [5, 5.41) is 2.55. The molecule has 0 aliphatic heterocycles. The molecule has 94 valence electrons. The molecule has 0 saturated carbocycles. The molecule has 0 saturated heterocycles. The van der Waals surface area contributed by atoms with Crippen LogP contribution in [0.2, 0.25) is 0 Å². The third kappa shape index (κ3) is 4.09. The van der Waals surface area contributed by atoms with Crippen molar-refractivity contribution in [3.8, 4) is 0 Å². The molecule has 0 radical (unpaired) electrons. The number of nitrogens with one attached hydrogen (secondary N) is 1. The molecule has 0 atom stereocenters.